The maximum atomic E-state index is 11.9. The topological polar surface area (TPSA) is 59.0 Å². The molecule has 1 aliphatic heterocycles. The highest BCUT2D eigenvalue weighted by Gasteiger charge is 2.31. The van der Waals surface area contributed by atoms with Gasteiger partial charge in [-0.1, -0.05) is 37.6 Å². The highest BCUT2D eigenvalue weighted by atomic mass is 35.5. The van der Waals surface area contributed by atoms with Gasteiger partial charge in [0.05, 0.1) is 13.2 Å². The van der Waals surface area contributed by atoms with Gasteiger partial charge in [0.15, 0.2) is 0 Å². The summed E-state index contributed by atoms with van der Waals surface area (Å²) < 4.78 is 11.0. The lowest BCUT2D eigenvalue weighted by Gasteiger charge is -2.17. The number of amides is 1. The van der Waals surface area contributed by atoms with Gasteiger partial charge >= 0.3 is 6.09 Å². The van der Waals surface area contributed by atoms with Crippen LogP contribution in [0.2, 0.25) is 5.02 Å². The molecule has 2 aromatic carbocycles. The molecule has 1 aliphatic rings. The minimum Gasteiger partial charge on any atom is -0.489 e. The number of halogens is 1. The van der Waals surface area contributed by atoms with Crippen molar-refractivity contribution < 1.29 is 19.4 Å². The molecular formula is C21H24ClNO4. The molecule has 0 radical (unpaired) electrons. The molecule has 2 unspecified atom stereocenters. The Hall–Kier alpha value is -2.24. The zero-order chi connectivity index (χ0) is 19.4. The molecule has 0 bridgehead atoms. The highest BCUT2D eigenvalue weighted by Crippen LogP contribution is 2.30. The highest BCUT2D eigenvalue weighted by molar-refractivity contribution is 6.31. The van der Waals surface area contributed by atoms with Crippen LogP contribution < -0.4 is 9.64 Å². The van der Waals surface area contributed by atoms with Crippen LogP contribution in [-0.2, 0) is 11.3 Å². The Morgan fingerprint density at radius 3 is 2.67 bits per heavy atom. The Bertz CT molecular complexity index is 793. The SMILES string of the molecule is CCC(C)c1cccc(Cl)c1COc1ccc(N2CC(CO)OC2=O)cc1. The minimum absolute atomic E-state index is 0.181. The molecular weight excluding hydrogens is 366 g/mol. The number of cyclic esters (lactones) is 1. The van der Waals surface area contributed by atoms with Crippen LogP contribution in [0.5, 0.6) is 5.75 Å². The van der Waals surface area contributed by atoms with Gasteiger partial charge < -0.3 is 14.6 Å². The van der Waals surface area contributed by atoms with E-state index in [1.807, 2.05) is 24.3 Å². The van der Waals surface area contributed by atoms with E-state index in [0.29, 0.717) is 35.5 Å². The van der Waals surface area contributed by atoms with Gasteiger partial charge in [0.25, 0.3) is 0 Å². The van der Waals surface area contributed by atoms with Gasteiger partial charge in [0.2, 0.25) is 0 Å². The summed E-state index contributed by atoms with van der Waals surface area (Å²) in [5.41, 5.74) is 2.92. The predicted octanol–water partition coefficient (Wildman–Crippen LogP) is 4.75. The van der Waals surface area contributed by atoms with E-state index >= 15 is 0 Å². The van der Waals surface area contributed by atoms with Crippen molar-refractivity contribution in [2.75, 3.05) is 18.1 Å². The average molecular weight is 390 g/mol. The van der Waals surface area contributed by atoms with Gasteiger partial charge in [-0.2, -0.15) is 0 Å². The molecule has 27 heavy (non-hydrogen) atoms. The Morgan fingerprint density at radius 1 is 1.30 bits per heavy atom. The summed E-state index contributed by atoms with van der Waals surface area (Å²) >= 11 is 6.39. The fraction of sp³-hybridized carbons (Fsp3) is 0.381. The van der Waals surface area contributed by atoms with Gasteiger partial charge in [0, 0.05) is 16.3 Å². The Labute approximate surface area is 164 Å². The van der Waals surface area contributed by atoms with Gasteiger partial charge in [0.1, 0.15) is 18.5 Å². The number of ether oxygens (including phenoxy) is 2. The Kier molecular flexibility index (Phi) is 6.24. The number of hydrogen-bond donors (Lipinski definition) is 1. The van der Waals surface area contributed by atoms with E-state index < -0.39 is 12.2 Å². The van der Waals surface area contributed by atoms with Crippen molar-refractivity contribution in [2.45, 2.75) is 38.9 Å². The number of benzene rings is 2. The normalized spacial score (nSPS) is 17.7. The molecule has 1 amide bonds. The summed E-state index contributed by atoms with van der Waals surface area (Å²) in [6.45, 7) is 4.88. The lowest BCUT2D eigenvalue weighted by Crippen LogP contribution is -2.25. The average Bonchev–Trinajstić information content (AvgIpc) is 3.07. The first-order chi connectivity index (χ1) is 13.0. The molecule has 1 heterocycles. The van der Waals surface area contributed by atoms with Crippen molar-refractivity contribution in [3.63, 3.8) is 0 Å². The molecule has 2 atom stereocenters. The summed E-state index contributed by atoms with van der Waals surface area (Å²) in [6.07, 6.45) is 0.104. The van der Waals surface area contributed by atoms with Gasteiger partial charge in [-0.25, -0.2) is 4.79 Å². The van der Waals surface area contributed by atoms with Crippen LogP contribution in [0.25, 0.3) is 0 Å². The summed E-state index contributed by atoms with van der Waals surface area (Å²) in [5.74, 6) is 1.10. The number of nitrogens with zero attached hydrogens (tertiary/aromatic N) is 1. The van der Waals surface area contributed by atoms with Crippen molar-refractivity contribution in [1.29, 1.82) is 0 Å². The number of carbonyl (C=O) groups is 1. The molecule has 3 rings (SSSR count). The minimum atomic E-state index is -0.479. The van der Waals surface area contributed by atoms with Crippen molar-refractivity contribution in [1.82, 2.24) is 0 Å². The molecule has 0 aromatic heterocycles. The monoisotopic (exact) mass is 389 g/mol. The molecule has 6 heteroatoms. The second-order valence-electron chi connectivity index (χ2n) is 6.70. The van der Waals surface area contributed by atoms with Crippen LogP contribution in [-0.4, -0.2) is 30.5 Å². The molecule has 1 saturated heterocycles. The van der Waals surface area contributed by atoms with Crippen LogP contribution in [0.15, 0.2) is 42.5 Å². The van der Waals surface area contributed by atoms with E-state index in [-0.39, 0.29) is 6.61 Å². The van der Waals surface area contributed by atoms with E-state index in [2.05, 4.69) is 19.9 Å². The number of anilines is 1. The van der Waals surface area contributed by atoms with Crippen LogP contribution in [0.1, 0.15) is 37.3 Å². The summed E-state index contributed by atoms with van der Waals surface area (Å²) in [7, 11) is 0. The van der Waals surface area contributed by atoms with Crippen LogP contribution in [0, 0.1) is 0 Å². The van der Waals surface area contributed by atoms with Gasteiger partial charge in [-0.05, 0) is 48.2 Å². The summed E-state index contributed by atoms with van der Waals surface area (Å²) in [5, 5.41) is 9.85. The molecule has 144 valence electrons. The number of rotatable bonds is 7. The Balaban J connectivity index is 1.69. The van der Waals surface area contributed by atoms with Crippen molar-refractivity contribution in [3.05, 3.63) is 58.6 Å². The summed E-state index contributed by atoms with van der Waals surface area (Å²) in [4.78, 5) is 13.4. The van der Waals surface area contributed by atoms with Crippen LogP contribution in [0.3, 0.4) is 0 Å². The number of carbonyl (C=O) groups excluding carboxylic acids is 1. The molecule has 5 nitrogen and oxygen atoms in total. The maximum absolute atomic E-state index is 11.9. The number of aliphatic hydroxyl groups excluding tert-OH is 1. The van der Waals surface area contributed by atoms with Gasteiger partial charge in [-0.3, -0.25) is 4.90 Å². The largest absolute Gasteiger partial charge is 0.489 e. The first-order valence-electron chi connectivity index (χ1n) is 9.12. The van der Waals surface area contributed by atoms with E-state index in [9.17, 15) is 4.79 Å². The van der Waals surface area contributed by atoms with E-state index in [1.54, 1.807) is 12.1 Å². The van der Waals surface area contributed by atoms with Crippen molar-refractivity contribution in [2.24, 2.45) is 0 Å². The molecule has 1 N–H and O–H groups in total. The molecule has 0 aliphatic carbocycles. The number of hydrogen-bond acceptors (Lipinski definition) is 4. The fourth-order valence-electron chi connectivity index (χ4n) is 3.11. The van der Waals surface area contributed by atoms with Crippen molar-refractivity contribution in [3.8, 4) is 5.75 Å². The molecule has 0 spiro atoms. The fourth-order valence-corrected chi connectivity index (χ4v) is 3.35. The second-order valence-corrected chi connectivity index (χ2v) is 7.11. The summed E-state index contributed by atoms with van der Waals surface area (Å²) in [6, 6.07) is 13.2. The predicted molar refractivity (Wildman–Crippen MR) is 106 cm³/mol. The van der Waals surface area contributed by atoms with E-state index in [1.165, 1.54) is 10.5 Å². The zero-order valence-electron chi connectivity index (χ0n) is 15.5. The smallest absolute Gasteiger partial charge is 0.414 e. The molecule has 2 aromatic rings. The van der Waals surface area contributed by atoms with Crippen molar-refractivity contribution >= 4 is 23.4 Å². The third kappa shape index (κ3) is 4.37. The van der Waals surface area contributed by atoms with E-state index in [0.717, 1.165) is 12.0 Å². The maximum Gasteiger partial charge on any atom is 0.414 e. The first-order valence-corrected chi connectivity index (χ1v) is 9.50. The third-order valence-corrected chi connectivity index (χ3v) is 5.26. The molecule has 0 saturated carbocycles. The van der Waals surface area contributed by atoms with Crippen LogP contribution in [0.4, 0.5) is 10.5 Å². The van der Waals surface area contributed by atoms with Crippen LogP contribution >= 0.6 is 11.6 Å². The first kappa shape index (κ1) is 19.5. The van der Waals surface area contributed by atoms with Gasteiger partial charge in [-0.15, -0.1) is 0 Å². The van der Waals surface area contributed by atoms with E-state index in [4.69, 9.17) is 26.2 Å². The Morgan fingerprint density at radius 2 is 2.04 bits per heavy atom. The molecule has 1 fully saturated rings. The quantitative estimate of drug-likeness (QED) is 0.742. The lowest BCUT2D eigenvalue weighted by atomic mass is 9.94. The standard InChI is InChI=1S/C21H24ClNO4/c1-3-14(2)18-5-4-6-20(22)19(18)13-26-16-9-7-15(8-10-16)23-11-17(12-24)27-21(23)25/h4-10,14,17,24H,3,11-13H2,1-2H3. The second kappa shape index (κ2) is 8.63. The zero-order valence-corrected chi connectivity index (χ0v) is 16.3. The number of aliphatic hydroxyl groups is 1. The third-order valence-electron chi connectivity index (χ3n) is 4.91. The lowest BCUT2D eigenvalue weighted by molar-refractivity contribution is 0.0963.